The monoisotopic (exact) mass is 205 g/mol. The van der Waals surface area contributed by atoms with Crippen LogP contribution in [-0.4, -0.2) is 5.71 Å². The molecule has 14 heavy (non-hydrogen) atoms. The lowest BCUT2D eigenvalue weighted by atomic mass is 10.1. The van der Waals surface area contributed by atoms with Crippen molar-refractivity contribution in [1.82, 2.24) is 0 Å². The molecule has 0 atom stereocenters. The molecule has 1 rings (SSSR count). The molecular weight excluding hydrogens is 198 g/mol. The first-order chi connectivity index (χ1) is 6.69. The lowest BCUT2D eigenvalue weighted by Gasteiger charge is -2.00. The molecule has 0 amide bonds. The molecule has 70 valence electrons. The summed E-state index contributed by atoms with van der Waals surface area (Å²) in [6, 6.07) is 6.76. The Hall–Kier alpha value is -1.79. The molecule has 0 saturated carbocycles. The highest BCUT2D eigenvalue weighted by atomic mass is 35.5. The van der Waals surface area contributed by atoms with Crippen LogP contribution >= 0.6 is 11.6 Å². The summed E-state index contributed by atoms with van der Waals surface area (Å²) in [5.74, 6) is 0. The maximum atomic E-state index is 8.63. The highest BCUT2D eigenvalue weighted by molar-refractivity contribution is 6.32. The van der Waals surface area contributed by atoms with E-state index in [1.807, 2.05) is 6.07 Å². The molecule has 0 aromatic heterocycles. The Morgan fingerprint density at radius 3 is 2.79 bits per heavy atom. The second kappa shape index (κ2) is 4.45. The van der Waals surface area contributed by atoms with Gasteiger partial charge in [-0.15, -0.1) is 0 Å². The van der Waals surface area contributed by atoms with Gasteiger partial charge in [0.2, 0.25) is 0 Å². The molecule has 0 saturated heterocycles. The maximum Gasteiger partial charge on any atom is 0.101 e. The van der Waals surface area contributed by atoms with Gasteiger partial charge in [-0.1, -0.05) is 17.7 Å². The van der Waals surface area contributed by atoms with E-state index in [0.717, 1.165) is 0 Å². The van der Waals surface area contributed by atoms with Crippen LogP contribution in [0.3, 0.4) is 0 Å². The van der Waals surface area contributed by atoms with Gasteiger partial charge in [0.25, 0.3) is 0 Å². The standard InChI is InChI=1S/C10H8ClN3/c11-9-5-7(10(14)3-4-12)1-2-8(9)6-13/h1-5,14H,12H2/b4-3-,14-10?. The number of nitriles is 1. The van der Waals surface area contributed by atoms with Gasteiger partial charge in [0, 0.05) is 5.56 Å². The third kappa shape index (κ3) is 2.12. The van der Waals surface area contributed by atoms with Gasteiger partial charge in [-0.2, -0.15) is 5.26 Å². The topological polar surface area (TPSA) is 73.7 Å². The summed E-state index contributed by atoms with van der Waals surface area (Å²) in [4.78, 5) is 0. The number of benzene rings is 1. The van der Waals surface area contributed by atoms with Crippen LogP contribution < -0.4 is 5.73 Å². The molecule has 0 fully saturated rings. The smallest absolute Gasteiger partial charge is 0.101 e. The van der Waals surface area contributed by atoms with E-state index in [4.69, 9.17) is 28.0 Å². The minimum Gasteiger partial charge on any atom is -0.405 e. The van der Waals surface area contributed by atoms with Crippen LogP contribution in [0, 0.1) is 16.7 Å². The van der Waals surface area contributed by atoms with E-state index >= 15 is 0 Å². The first-order valence-electron chi connectivity index (χ1n) is 3.86. The van der Waals surface area contributed by atoms with E-state index in [1.54, 1.807) is 18.2 Å². The Labute approximate surface area is 86.9 Å². The molecule has 0 aliphatic heterocycles. The second-order valence-corrected chi connectivity index (χ2v) is 2.99. The molecule has 0 spiro atoms. The molecule has 3 nitrogen and oxygen atoms in total. The SMILES string of the molecule is N#Cc1ccc(C(=N)/C=C\N)cc1Cl. The van der Waals surface area contributed by atoms with Gasteiger partial charge in [0.05, 0.1) is 16.3 Å². The number of hydrogen-bond acceptors (Lipinski definition) is 3. The summed E-state index contributed by atoms with van der Waals surface area (Å²) >= 11 is 5.80. The van der Waals surface area contributed by atoms with E-state index in [0.29, 0.717) is 16.1 Å². The Morgan fingerprint density at radius 1 is 1.57 bits per heavy atom. The summed E-state index contributed by atoms with van der Waals surface area (Å²) in [6.45, 7) is 0. The van der Waals surface area contributed by atoms with Gasteiger partial charge < -0.3 is 11.1 Å². The minimum atomic E-state index is 0.263. The summed E-state index contributed by atoms with van der Waals surface area (Å²) in [7, 11) is 0. The zero-order chi connectivity index (χ0) is 10.6. The molecule has 3 N–H and O–H groups in total. The lowest BCUT2D eigenvalue weighted by Crippen LogP contribution is -1.96. The number of rotatable bonds is 2. The lowest BCUT2D eigenvalue weighted by molar-refractivity contribution is 1.45. The van der Waals surface area contributed by atoms with Crippen LogP contribution in [0.25, 0.3) is 0 Å². The third-order valence-electron chi connectivity index (χ3n) is 1.66. The number of nitrogens with zero attached hydrogens (tertiary/aromatic N) is 1. The summed E-state index contributed by atoms with van der Waals surface area (Å²) in [5.41, 5.74) is 6.45. The fourth-order valence-corrected chi connectivity index (χ4v) is 1.19. The normalized spacial score (nSPS) is 10.0. The number of nitrogens with one attached hydrogen (secondary N) is 1. The first kappa shape index (κ1) is 10.3. The third-order valence-corrected chi connectivity index (χ3v) is 1.98. The zero-order valence-corrected chi connectivity index (χ0v) is 8.05. The van der Waals surface area contributed by atoms with Crippen molar-refractivity contribution < 1.29 is 0 Å². The van der Waals surface area contributed by atoms with Crippen molar-refractivity contribution in [2.75, 3.05) is 0 Å². The van der Waals surface area contributed by atoms with E-state index in [1.165, 1.54) is 12.3 Å². The molecule has 4 heteroatoms. The van der Waals surface area contributed by atoms with Crippen molar-refractivity contribution in [3.8, 4) is 6.07 Å². The van der Waals surface area contributed by atoms with Crippen molar-refractivity contribution in [2.45, 2.75) is 0 Å². The Kier molecular flexibility index (Phi) is 3.27. The van der Waals surface area contributed by atoms with Gasteiger partial charge in [-0.3, -0.25) is 0 Å². The predicted octanol–water partition coefficient (Wildman–Crippen LogP) is 2.05. The summed E-state index contributed by atoms with van der Waals surface area (Å²) in [6.07, 6.45) is 2.74. The van der Waals surface area contributed by atoms with E-state index in [9.17, 15) is 0 Å². The van der Waals surface area contributed by atoms with Crippen molar-refractivity contribution in [1.29, 1.82) is 10.7 Å². The maximum absolute atomic E-state index is 8.63. The van der Waals surface area contributed by atoms with Gasteiger partial charge in [0.15, 0.2) is 0 Å². The predicted molar refractivity (Wildman–Crippen MR) is 56.3 cm³/mol. The van der Waals surface area contributed by atoms with Gasteiger partial charge >= 0.3 is 0 Å². The molecule has 0 aliphatic rings. The molecule has 0 radical (unpaired) electrons. The molecular formula is C10H8ClN3. The molecule has 1 aromatic rings. The van der Waals surface area contributed by atoms with Gasteiger partial charge in [-0.05, 0) is 24.4 Å². The van der Waals surface area contributed by atoms with Crippen LogP contribution in [0.2, 0.25) is 5.02 Å². The summed E-state index contributed by atoms with van der Waals surface area (Å²) in [5, 5.41) is 16.5. The van der Waals surface area contributed by atoms with Crippen molar-refractivity contribution >= 4 is 17.3 Å². The zero-order valence-electron chi connectivity index (χ0n) is 7.29. The molecule has 0 heterocycles. The number of nitrogens with two attached hydrogens (primary N) is 1. The van der Waals surface area contributed by atoms with Crippen LogP contribution in [0.4, 0.5) is 0 Å². The van der Waals surface area contributed by atoms with Crippen LogP contribution in [0.5, 0.6) is 0 Å². The number of hydrogen-bond donors (Lipinski definition) is 2. The van der Waals surface area contributed by atoms with E-state index in [-0.39, 0.29) is 5.71 Å². The molecule has 1 aromatic carbocycles. The summed E-state index contributed by atoms with van der Waals surface area (Å²) < 4.78 is 0. The van der Waals surface area contributed by atoms with Crippen molar-refractivity contribution in [3.05, 3.63) is 46.6 Å². The molecule has 0 unspecified atom stereocenters. The largest absolute Gasteiger partial charge is 0.405 e. The molecule has 0 aliphatic carbocycles. The van der Waals surface area contributed by atoms with E-state index in [2.05, 4.69) is 0 Å². The fraction of sp³-hybridized carbons (Fsp3) is 0. The van der Waals surface area contributed by atoms with Crippen molar-refractivity contribution in [2.24, 2.45) is 5.73 Å². The van der Waals surface area contributed by atoms with Crippen molar-refractivity contribution in [3.63, 3.8) is 0 Å². The van der Waals surface area contributed by atoms with Crippen LogP contribution in [0.15, 0.2) is 30.5 Å². The average Bonchev–Trinajstić information content (AvgIpc) is 2.18. The number of allylic oxidation sites excluding steroid dienone is 1. The number of halogens is 1. The van der Waals surface area contributed by atoms with Crippen LogP contribution in [-0.2, 0) is 0 Å². The highest BCUT2D eigenvalue weighted by Gasteiger charge is 2.02. The minimum absolute atomic E-state index is 0.263. The fourth-order valence-electron chi connectivity index (χ4n) is 0.966. The Balaban J connectivity index is 3.10. The van der Waals surface area contributed by atoms with Crippen LogP contribution in [0.1, 0.15) is 11.1 Å². The van der Waals surface area contributed by atoms with E-state index < -0.39 is 0 Å². The molecule has 0 bridgehead atoms. The second-order valence-electron chi connectivity index (χ2n) is 2.58. The average molecular weight is 206 g/mol. The Bertz CT molecular complexity index is 429. The van der Waals surface area contributed by atoms with Gasteiger partial charge in [0.1, 0.15) is 6.07 Å². The van der Waals surface area contributed by atoms with Gasteiger partial charge in [-0.25, -0.2) is 0 Å². The Morgan fingerprint density at radius 2 is 2.29 bits per heavy atom. The highest BCUT2D eigenvalue weighted by Crippen LogP contribution is 2.17. The first-order valence-corrected chi connectivity index (χ1v) is 4.23. The quantitative estimate of drug-likeness (QED) is 0.726.